The molecule has 2 rings (SSSR count). The fraction of sp³-hybridized carbons (Fsp3) is 0.381. The second kappa shape index (κ2) is 9.65. The minimum absolute atomic E-state index is 0.0116. The molecular formula is C21H27NO6S. The molecule has 0 bridgehead atoms. The Morgan fingerprint density at radius 3 is 2.28 bits per heavy atom. The van der Waals surface area contributed by atoms with Crippen molar-refractivity contribution in [1.29, 1.82) is 0 Å². The van der Waals surface area contributed by atoms with Crippen molar-refractivity contribution in [1.82, 2.24) is 0 Å². The number of aryl methyl sites for hydroxylation is 1. The third kappa shape index (κ3) is 5.63. The van der Waals surface area contributed by atoms with E-state index in [9.17, 15) is 13.2 Å². The van der Waals surface area contributed by atoms with Gasteiger partial charge >= 0.3 is 5.97 Å². The third-order valence-electron chi connectivity index (χ3n) is 4.03. The molecule has 0 atom stereocenters. The summed E-state index contributed by atoms with van der Waals surface area (Å²) in [5.74, 6) is 0.553. The minimum Gasteiger partial charge on any atom is -0.496 e. The van der Waals surface area contributed by atoms with Gasteiger partial charge in [0.25, 0.3) is 10.0 Å². The Bertz CT molecular complexity index is 938. The smallest absolute Gasteiger partial charge is 0.326 e. The van der Waals surface area contributed by atoms with E-state index in [0.717, 1.165) is 4.31 Å². The molecule has 0 fully saturated rings. The van der Waals surface area contributed by atoms with Crippen molar-refractivity contribution in [2.24, 2.45) is 0 Å². The maximum atomic E-state index is 13.3. The van der Waals surface area contributed by atoms with Crippen molar-refractivity contribution in [3.8, 4) is 11.5 Å². The summed E-state index contributed by atoms with van der Waals surface area (Å²) in [5.41, 5.74) is 1.01. The van der Waals surface area contributed by atoms with Crippen molar-refractivity contribution < 1.29 is 27.4 Å². The van der Waals surface area contributed by atoms with E-state index in [-0.39, 0.29) is 17.6 Å². The highest BCUT2D eigenvalue weighted by atomic mass is 32.2. The Morgan fingerprint density at radius 1 is 1.10 bits per heavy atom. The van der Waals surface area contributed by atoms with Gasteiger partial charge < -0.3 is 14.2 Å². The maximum absolute atomic E-state index is 13.3. The van der Waals surface area contributed by atoms with Crippen molar-refractivity contribution in [3.05, 3.63) is 48.0 Å². The zero-order chi connectivity index (χ0) is 21.6. The number of ether oxygens (including phenoxy) is 3. The average molecular weight is 422 g/mol. The fourth-order valence-electron chi connectivity index (χ4n) is 2.74. The summed E-state index contributed by atoms with van der Waals surface area (Å²) in [7, 11) is -2.50. The lowest BCUT2D eigenvalue weighted by Gasteiger charge is -2.24. The molecule has 8 heteroatoms. The van der Waals surface area contributed by atoms with Gasteiger partial charge in [0.2, 0.25) is 0 Å². The topological polar surface area (TPSA) is 82.1 Å². The van der Waals surface area contributed by atoms with Gasteiger partial charge in [-0.05, 0) is 75.7 Å². The Hall–Kier alpha value is -2.74. The van der Waals surface area contributed by atoms with Gasteiger partial charge in [0.1, 0.15) is 18.0 Å². The number of benzene rings is 2. The molecule has 0 N–H and O–H groups in total. The normalized spacial score (nSPS) is 11.2. The molecule has 0 aliphatic rings. The predicted octanol–water partition coefficient (Wildman–Crippen LogP) is 3.55. The van der Waals surface area contributed by atoms with E-state index in [0.29, 0.717) is 22.7 Å². The van der Waals surface area contributed by atoms with Gasteiger partial charge in [-0.25, -0.2) is 8.42 Å². The summed E-state index contributed by atoms with van der Waals surface area (Å²) in [6.07, 6.45) is -0.0116. The van der Waals surface area contributed by atoms with Crippen LogP contribution in [0.2, 0.25) is 0 Å². The number of hydrogen-bond donors (Lipinski definition) is 0. The van der Waals surface area contributed by atoms with Crippen LogP contribution in [0.1, 0.15) is 26.3 Å². The summed E-state index contributed by atoms with van der Waals surface area (Å²) in [6.45, 7) is 6.95. The van der Waals surface area contributed by atoms with Crippen molar-refractivity contribution in [2.75, 3.05) is 24.6 Å². The van der Waals surface area contributed by atoms with Crippen molar-refractivity contribution >= 4 is 21.7 Å². The molecule has 158 valence electrons. The van der Waals surface area contributed by atoms with Crippen molar-refractivity contribution in [2.45, 2.75) is 38.7 Å². The average Bonchev–Trinajstić information content (AvgIpc) is 2.66. The molecule has 0 saturated carbocycles. The van der Waals surface area contributed by atoms with Gasteiger partial charge in [-0.15, -0.1) is 0 Å². The van der Waals surface area contributed by atoms with E-state index in [2.05, 4.69) is 0 Å². The standard InChI is InChI=1S/C21H27NO6S/c1-6-27-21(23)14-22(17-7-9-18(10-8-17)28-15(2)3)29(24,25)19-11-12-20(26-5)16(4)13-19/h7-13,15H,6,14H2,1-5H3. The van der Waals surface area contributed by atoms with Gasteiger partial charge in [-0.2, -0.15) is 0 Å². The van der Waals surface area contributed by atoms with Crippen LogP contribution in [0, 0.1) is 6.92 Å². The molecule has 2 aromatic carbocycles. The van der Waals surface area contributed by atoms with E-state index in [1.54, 1.807) is 44.2 Å². The molecule has 0 amide bonds. The van der Waals surface area contributed by atoms with Crippen LogP contribution in [-0.4, -0.2) is 40.8 Å². The summed E-state index contributed by atoms with van der Waals surface area (Å²) >= 11 is 0. The minimum atomic E-state index is -4.01. The summed E-state index contributed by atoms with van der Waals surface area (Å²) in [5, 5.41) is 0. The van der Waals surface area contributed by atoms with E-state index in [4.69, 9.17) is 14.2 Å². The molecule has 0 saturated heterocycles. The summed E-state index contributed by atoms with van der Waals surface area (Å²) in [4.78, 5) is 12.2. The van der Waals surface area contributed by atoms with Crippen LogP contribution >= 0.6 is 0 Å². The Labute approximate surface area is 172 Å². The number of carbonyl (C=O) groups excluding carboxylic acids is 1. The van der Waals surface area contributed by atoms with E-state index in [1.807, 2.05) is 13.8 Å². The molecule has 0 heterocycles. The van der Waals surface area contributed by atoms with Crippen LogP contribution in [0.4, 0.5) is 5.69 Å². The quantitative estimate of drug-likeness (QED) is 0.576. The SMILES string of the molecule is CCOC(=O)CN(c1ccc(OC(C)C)cc1)S(=O)(=O)c1ccc(OC)c(C)c1. The Morgan fingerprint density at radius 2 is 1.76 bits per heavy atom. The number of esters is 1. The largest absolute Gasteiger partial charge is 0.496 e. The Balaban J connectivity index is 2.46. The summed E-state index contributed by atoms with van der Waals surface area (Å²) in [6, 6.07) is 11.1. The van der Waals surface area contributed by atoms with Crippen molar-refractivity contribution in [3.63, 3.8) is 0 Å². The molecule has 7 nitrogen and oxygen atoms in total. The van der Waals surface area contributed by atoms with Gasteiger partial charge in [-0.3, -0.25) is 9.10 Å². The molecule has 0 aromatic heterocycles. The van der Waals surface area contributed by atoms with Crippen LogP contribution in [0.15, 0.2) is 47.4 Å². The second-order valence-corrected chi connectivity index (χ2v) is 8.47. The number of hydrogen-bond acceptors (Lipinski definition) is 6. The molecule has 0 aliphatic carbocycles. The van der Waals surface area contributed by atoms with Gasteiger partial charge in [0.05, 0.1) is 30.4 Å². The summed E-state index contributed by atoms with van der Waals surface area (Å²) < 4.78 is 43.5. The van der Waals surface area contributed by atoms with E-state index >= 15 is 0 Å². The zero-order valence-electron chi connectivity index (χ0n) is 17.3. The maximum Gasteiger partial charge on any atom is 0.326 e. The molecule has 0 unspecified atom stereocenters. The molecule has 0 spiro atoms. The first-order valence-electron chi connectivity index (χ1n) is 9.28. The highest BCUT2D eigenvalue weighted by Crippen LogP contribution is 2.28. The number of rotatable bonds is 9. The number of sulfonamides is 1. The zero-order valence-corrected chi connectivity index (χ0v) is 18.2. The van der Waals surface area contributed by atoms with E-state index < -0.39 is 22.5 Å². The molecule has 0 radical (unpaired) electrons. The highest BCUT2D eigenvalue weighted by molar-refractivity contribution is 7.92. The number of methoxy groups -OCH3 is 1. The van der Waals surface area contributed by atoms with Crippen LogP contribution in [0.3, 0.4) is 0 Å². The first-order chi connectivity index (χ1) is 13.7. The first-order valence-corrected chi connectivity index (χ1v) is 10.7. The lowest BCUT2D eigenvalue weighted by atomic mass is 10.2. The monoisotopic (exact) mass is 421 g/mol. The van der Waals surface area contributed by atoms with Gasteiger partial charge in [-0.1, -0.05) is 0 Å². The Kier molecular flexibility index (Phi) is 7.50. The number of nitrogens with zero attached hydrogens (tertiary/aromatic N) is 1. The molecule has 2 aromatic rings. The van der Waals surface area contributed by atoms with Crippen LogP contribution < -0.4 is 13.8 Å². The van der Waals surface area contributed by atoms with Crippen LogP contribution in [-0.2, 0) is 19.6 Å². The highest BCUT2D eigenvalue weighted by Gasteiger charge is 2.28. The molecule has 29 heavy (non-hydrogen) atoms. The van der Waals surface area contributed by atoms with Gasteiger partial charge in [0, 0.05) is 0 Å². The van der Waals surface area contributed by atoms with Crippen LogP contribution in [0.5, 0.6) is 11.5 Å². The van der Waals surface area contributed by atoms with Crippen LogP contribution in [0.25, 0.3) is 0 Å². The van der Waals surface area contributed by atoms with Gasteiger partial charge in [0.15, 0.2) is 0 Å². The molecular weight excluding hydrogens is 394 g/mol. The molecule has 0 aliphatic heterocycles. The third-order valence-corrected chi connectivity index (χ3v) is 5.80. The predicted molar refractivity (Wildman–Crippen MR) is 111 cm³/mol. The first kappa shape index (κ1) is 22.5. The lowest BCUT2D eigenvalue weighted by Crippen LogP contribution is -2.36. The lowest BCUT2D eigenvalue weighted by molar-refractivity contribution is -0.141. The van der Waals surface area contributed by atoms with E-state index in [1.165, 1.54) is 19.2 Å². The second-order valence-electron chi connectivity index (χ2n) is 6.61. The fourth-order valence-corrected chi connectivity index (χ4v) is 4.24. The number of anilines is 1. The number of carbonyl (C=O) groups is 1.